The molecular weight excluding hydrogens is 384 g/mol. The van der Waals surface area contributed by atoms with E-state index in [4.69, 9.17) is 0 Å². The summed E-state index contributed by atoms with van der Waals surface area (Å²) in [5.74, 6) is 0.0563. The quantitative estimate of drug-likeness (QED) is 0.693. The summed E-state index contributed by atoms with van der Waals surface area (Å²) in [4.78, 5) is 0. The van der Waals surface area contributed by atoms with Gasteiger partial charge in [-0.2, -0.15) is 0 Å². The Bertz CT molecular complexity index is 472. The maximum atomic E-state index is 11.9. The zero-order valence-corrected chi connectivity index (χ0v) is 14.0. The predicted molar refractivity (Wildman–Crippen MR) is 82.4 cm³/mol. The molecule has 1 rings (SSSR count). The lowest BCUT2D eigenvalue weighted by molar-refractivity contribution is 0.595. The van der Waals surface area contributed by atoms with Crippen LogP contribution in [0.25, 0.3) is 0 Å². The van der Waals surface area contributed by atoms with E-state index in [1.54, 1.807) is 12.1 Å². The highest BCUT2D eigenvalue weighted by atomic mass is 79.9. The van der Waals surface area contributed by atoms with Gasteiger partial charge in [-0.05, 0) is 57.0 Å². The van der Waals surface area contributed by atoms with Crippen molar-refractivity contribution in [1.29, 1.82) is 0 Å². The van der Waals surface area contributed by atoms with Gasteiger partial charge in [0.05, 0.1) is 11.4 Å². The minimum Gasteiger partial charge on any atom is -0.316 e. The largest absolute Gasteiger partial charge is 0.316 e. The SMILES string of the molecule is CCCNCCS(=O)(=O)Nc1c(Br)cccc1Br. The number of hydrogen-bond acceptors (Lipinski definition) is 3. The average molecular weight is 400 g/mol. The number of halogens is 2. The molecule has 0 spiro atoms. The monoisotopic (exact) mass is 398 g/mol. The minimum absolute atomic E-state index is 0.0563. The van der Waals surface area contributed by atoms with E-state index in [-0.39, 0.29) is 5.75 Å². The van der Waals surface area contributed by atoms with E-state index in [2.05, 4.69) is 41.9 Å². The number of sulfonamides is 1. The standard InChI is InChI=1S/C11H16Br2N2O2S/c1-2-6-14-7-8-18(16,17)15-11-9(12)4-3-5-10(11)13/h3-5,14-15H,2,6-8H2,1H3. The zero-order chi connectivity index (χ0) is 13.6. The summed E-state index contributed by atoms with van der Waals surface area (Å²) >= 11 is 6.64. The van der Waals surface area contributed by atoms with Crippen molar-refractivity contribution in [1.82, 2.24) is 5.32 Å². The lowest BCUT2D eigenvalue weighted by Gasteiger charge is -2.11. The molecular formula is C11H16Br2N2O2S. The number of rotatable bonds is 7. The van der Waals surface area contributed by atoms with Gasteiger partial charge in [0.25, 0.3) is 0 Å². The first-order chi connectivity index (χ1) is 8.46. The Kier molecular flexibility index (Phi) is 6.62. The zero-order valence-electron chi connectivity index (χ0n) is 10.0. The molecule has 0 aliphatic heterocycles. The highest BCUT2D eigenvalue weighted by Gasteiger charge is 2.13. The molecule has 0 amide bonds. The summed E-state index contributed by atoms with van der Waals surface area (Å²) in [5.41, 5.74) is 0.535. The van der Waals surface area contributed by atoms with Crippen molar-refractivity contribution in [2.24, 2.45) is 0 Å². The second-order valence-corrected chi connectivity index (χ2v) is 7.32. The number of nitrogens with one attached hydrogen (secondary N) is 2. The van der Waals surface area contributed by atoms with Crippen molar-refractivity contribution in [3.05, 3.63) is 27.1 Å². The molecule has 0 heterocycles. The fourth-order valence-electron chi connectivity index (χ4n) is 1.31. The van der Waals surface area contributed by atoms with Gasteiger partial charge in [-0.25, -0.2) is 8.42 Å². The molecule has 0 fully saturated rings. The second-order valence-electron chi connectivity index (χ2n) is 3.77. The van der Waals surface area contributed by atoms with E-state index in [0.717, 1.165) is 13.0 Å². The van der Waals surface area contributed by atoms with Crippen molar-refractivity contribution in [2.75, 3.05) is 23.6 Å². The molecule has 0 aromatic heterocycles. The van der Waals surface area contributed by atoms with Gasteiger partial charge in [0.15, 0.2) is 0 Å². The van der Waals surface area contributed by atoms with Gasteiger partial charge in [-0.15, -0.1) is 0 Å². The number of benzene rings is 1. The molecule has 0 unspecified atom stereocenters. The van der Waals surface area contributed by atoms with Crippen LogP contribution in [-0.2, 0) is 10.0 Å². The number of para-hydroxylation sites is 1. The van der Waals surface area contributed by atoms with Gasteiger partial charge in [0.2, 0.25) is 10.0 Å². The first-order valence-corrected chi connectivity index (χ1v) is 8.85. The van der Waals surface area contributed by atoms with Crippen molar-refractivity contribution in [2.45, 2.75) is 13.3 Å². The highest BCUT2D eigenvalue weighted by Crippen LogP contribution is 2.31. The van der Waals surface area contributed by atoms with Gasteiger partial charge in [0, 0.05) is 15.5 Å². The Morgan fingerprint density at radius 1 is 1.17 bits per heavy atom. The molecule has 0 saturated carbocycles. The summed E-state index contributed by atoms with van der Waals surface area (Å²) in [6.45, 7) is 3.32. The summed E-state index contributed by atoms with van der Waals surface area (Å²) in [5, 5.41) is 3.06. The molecule has 2 N–H and O–H groups in total. The van der Waals surface area contributed by atoms with Crippen molar-refractivity contribution in [3.63, 3.8) is 0 Å². The van der Waals surface area contributed by atoms with E-state index in [1.165, 1.54) is 0 Å². The van der Waals surface area contributed by atoms with Crippen molar-refractivity contribution >= 4 is 47.6 Å². The van der Waals surface area contributed by atoms with Crippen LogP contribution in [-0.4, -0.2) is 27.3 Å². The fraction of sp³-hybridized carbons (Fsp3) is 0.455. The molecule has 7 heteroatoms. The van der Waals surface area contributed by atoms with Crippen LogP contribution < -0.4 is 10.0 Å². The fourth-order valence-corrected chi connectivity index (χ4v) is 3.82. The molecule has 0 bridgehead atoms. The molecule has 0 aliphatic carbocycles. The van der Waals surface area contributed by atoms with Crippen LogP contribution in [0.15, 0.2) is 27.1 Å². The summed E-state index contributed by atoms with van der Waals surface area (Å²) in [7, 11) is -3.33. The van der Waals surface area contributed by atoms with Crippen LogP contribution in [0.2, 0.25) is 0 Å². The van der Waals surface area contributed by atoms with Gasteiger partial charge in [0.1, 0.15) is 0 Å². The smallest absolute Gasteiger partial charge is 0.234 e. The predicted octanol–water partition coefficient (Wildman–Crippen LogP) is 2.95. The van der Waals surface area contributed by atoms with Gasteiger partial charge >= 0.3 is 0 Å². The first-order valence-electron chi connectivity index (χ1n) is 5.61. The Labute approximate surface area is 125 Å². The summed E-state index contributed by atoms with van der Waals surface area (Å²) in [6.07, 6.45) is 0.989. The van der Waals surface area contributed by atoms with E-state index in [0.29, 0.717) is 21.2 Å². The first kappa shape index (κ1) is 15.9. The Balaban J connectivity index is 2.65. The van der Waals surface area contributed by atoms with Crippen LogP contribution in [0.1, 0.15) is 13.3 Å². The van der Waals surface area contributed by atoms with Gasteiger partial charge in [-0.3, -0.25) is 4.72 Å². The molecule has 102 valence electrons. The van der Waals surface area contributed by atoms with Crippen LogP contribution in [0, 0.1) is 0 Å². The minimum atomic E-state index is -3.33. The second kappa shape index (κ2) is 7.47. The Hall–Kier alpha value is -0.110. The van der Waals surface area contributed by atoms with Gasteiger partial charge < -0.3 is 5.32 Å². The van der Waals surface area contributed by atoms with Crippen LogP contribution in [0.3, 0.4) is 0 Å². The van der Waals surface area contributed by atoms with E-state index in [1.807, 2.05) is 13.0 Å². The molecule has 0 saturated heterocycles. The third-order valence-corrected chi connectivity index (χ3v) is 4.77. The average Bonchev–Trinajstić information content (AvgIpc) is 2.30. The Morgan fingerprint density at radius 2 is 1.78 bits per heavy atom. The molecule has 0 atom stereocenters. The molecule has 1 aromatic carbocycles. The lowest BCUT2D eigenvalue weighted by Crippen LogP contribution is -2.27. The van der Waals surface area contributed by atoms with Gasteiger partial charge in [-0.1, -0.05) is 13.0 Å². The topological polar surface area (TPSA) is 58.2 Å². The summed E-state index contributed by atoms with van der Waals surface area (Å²) < 4.78 is 27.7. The Morgan fingerprint density at radius 3 is 2.33 bits per heavy atom. The van der Waals surface area contributed by atoms with Crippen molar-refractivity contribution < 1.29 is 8.42 Å². The highest BCUT2D eigenvalue weighted by molar-refractivity contribution is 9.11. The number of anilines is 1. The van der Waals surface area contributed by atoms with E-state index in [9.17, 15) is 8.42 Å². The summed E-state index contributed by atoms with van der Waals surface area (Å²) in [6, 6.07) is 5.41. The van der Waals surface area contributed by atoms with Crippen LogP contribution >= 0.6 is 31.9 Å². The molecule has 18 heavy (non-hydrogen) atoms. The maximum absolute atomic E-state index is 11.9. The normalized spacial score (nSPS) is 11.5. The molecule has 4 nitrogen and oxygen atoms in total. The third-order valence-electron chi connectivity index (χ3n) is 2.19. The molecule has 0 radical (unpaired) electrons. The lowest BCUT2D eigenvalue weighted by atomic mass is 10.3. The third kappa shape index (κ3) is 5.26. The van der Waals surface area contributed by atoms with Crippen LogP contribution in [0.4, 0.5) is 5.69 Å². The van der Waals surface area contributed by atoms with Crippen molar-refractivity contribution in [3.8, 4) is 0 Å². The number of hydrogen-bond donors (Lipinski definition) is 2. The van der Waals surface area contributed by atoms with Crippen LogP contribution in [0.5, 0.6) is 0 Å². The molecule has 1 aromatic rings. The molecule has 0 aliphatic rings. The van der Waals surface area contributed by atoms with E-state index < -0.39 is 10.0 Å². The maximum Gasteiger partial charge on any atom is 0.234 e. The van der Waals surface area contributed by atoms with E-state index >= 15 is 0 Å².